The summed E-state index contributed by atoms with van der Waals surface area (Å²) in [6.07, 6.45) is -10.4. The first-order valence-corrected chi connectivity index (χ1v) is 8.53. The lowest BCUT2D eigenvalue weighted by atomic mass is 10.1. The molecule has 31 heavy (non-hydrogen) atoms. The Labute approximate surface area is 170 Å². The summed E-state index contributed by atoms with van der Waals surface area (Å²) in [5.74, 6) is -1.15. The van der Waals surface area contributed by atoms with Gasteiger partial charge in [0.15, 0.2) is 6.10 Å². The Hall–Kier alpha value is -3.59. The number of alkyl halides is 6. The van der Waals surface area contributed by atoms with Gasteiger partial charge >= 0.3 is 12.4 Å². The van der Waals surface area contributed by atoms with Crippen molar-refractivity contribution in [2.75, 3.05) is 5.32 Å². The summed E-state index contributed by atoms with van der Waals surface area (Å²) in [7, 11) is 0. The monoisotopic (exact) mass is 442 g/mol. The van der Waals surface area contributed by atoms with E-state index < -0.39 is 47.6 Å². The van der Waals surface area contributed by atoms with Gasteiger partial charge in [-0.15, -0.1) is 0 Å². The lowest BCUT2D eigenvalue weighted by Crippen LogP contribution is -2.31. The highest BCUT2D eigenvalue weighted by Gasteiger charge is 2.35. The fourth-order valence-corrected chi connectivity index (χ4v) is 2.94. The maximum Gasteiger partial charge on any atom is 0.418 e. The van der Waals surface area contributed by atoms with Crippen LogP contribution in [0.15, 0.2) is 42.7 Å². The number of aliphatic hydroxyl groups is 1. The van der Waals surface area contributed by atoms with E-state index in [9.17, 15) is 36.2 Å². The van der Waals surface area contributed by atoms with E-state index in [0.717, 1.165) is 35.2 Å². The molecule has 0 fully saturated rings. The zero-order valence-electron chi connectivity index (χ0n) is 15.3. The summed E-state index contributed by atoms with van der Waals surface area (Å²) in [6.45, 7) is -0.627. The molecule has 0 radical (unpaired) electrons. The predicted molar refractivity (Wildman–Crippen MR) is 95.5 cm³/mol. The maximum absolute atomic E-state index is 13.3. The molecule has 1 atom stereocenters. The molecule has 0 aliphatic heterocycles. The van der Waals surface area contributed by atoms with Gasteiger partial charge in [-0.25, -0.2) is 4.98 Å². The van der Waals surface area contributed by atoms with E-state index in [-0.39, 0.29) is 16.7 Å². The smallest absolute Gasteiger partial charge is 0.381 e. The molecule has 1 aromatic heterocycles. The molecule has 6 nitrogen and oxygen atoms in total. The van der Waals surface area contributed by atoms with Crippen LogP contribution >= 0.6 is 0 Å². The highest BCUT2D eigenvalue weighted by Crippen LogP contribution is 2.35. The predicted octanol–water partition coefficient (Wildman–Crippen LogP) is 3.95. The molecule has 0 aliphatic carbocycles. The van der Waals surface area contributed by atoms with Gasteiger partial charge in [0, 0.05) is 5.69 Å². The summed E-state index contributed by atoms with van der Waals surface area (Å²) in [6, 6.07) is 7.10. The van der Waals surface area contributed by atoms with Gasteiger partial charge in [-0.05, 0) is 30.3 Å². The zero-order chi connectivity index (χ0) is 23.0. The number of para-hydroxylation sites is 1. The zero-order valence-corrected chi connectivity index (χ0v) is 15.3. The van der Waals surface area contributed by atoms with Gasteiger partial charge in [0.05, 0.1) is 46.7 Å². The summed E-state index contributed by atoms with van der Waals surface area (Å²) in [4.78, 5) is 16.0. The van der Waals surface area contributed by atoms with Crippen LogP contribution in [-0.4, -0.2) is 26.7 Å². The number of nitriles is 1. The number of hydrogen-bond donors (Lipinski definition) is 2. The van der Waals surface area contributed by atoms with E-state index in [2.05, 4.69) is 10.3 Å². The van der Waals surface area contributed by atoms with Gasteiger partial charge in [0.25, 0.3) is 5.91 Å². The largest absolute Gasteiger partial charge is 0.418 e. The topological polar surface area (TPSA) is 90.9 Å². The minimum absolute atomic E-state index is 0.00987. The molecule has 1 amide bonds. The average Bonchev–Trinajstić information content (AvgIpc) is 3.09. The minimum Gasteiger partial charge on any atom is -0.381 e. The first kappa shape index (κ1) is 22.1. The molecule has 3 rings (SSSR count). The second kappa shape index (κ2) is 7.92. The minimum atomic E-state index is -4.85. The van der Waals surface area contributed by atoms with Crippen LogP contribution in [0.3, 0.4) is 0 Å². The first-order valence-electron chi connectivity index (χ1n) is 8.53. The summed E-state index contributed by atoms with van der Waals surface area (Å²) in [5.41, 5.74) is -3.66. The van der Waals surface area contributed by atoms with Crippen molar-refractivity contribution in [3.05, 3.63) is 59.4 Å². The van der Waals surface area contributed by atoms with Crippen LogP contribution in [-0.2, 0) is 23.7 Å². The van der Waals surface area contributed by atoms with E-state index >= 15 is 0 Å². The van der Waals surface area contributed by atoms with Gasteiger partial charge in [-0.1, -0.05) is 6.07 Å². The molecule has 0 saturated heterocycles. The number of halogens is 6. The Morgan fingerprint density at radius 2 is 1.81 bits per heavy atom. The van der Waals surface area contributed by atoms with Crippen LogP contribution in [0.2, 0.25) is 0 Å². The molecular formula is C19H12F6N4O2. The quantitative estimate of drug-likeness (QED) is 0.599. The third-order valence-corrected chi connectivity index (χ3v) is 4.33. The SMILES string of the molecule is N#Cc1ccc(NC(=O)[C@@H](O)Cn2cnc3cccc(C(F)(F)F)c32)cc1C(F)(F)F. The second-order valence-electron chi connectivity index (χ2n) is 6.44. The molecule has 1 heterocycles. The number of fused-ring (bicyclic) bond motifs is 1. The first-order chi connectivity index (χ1) is 14.4. The van der Waals surface area contributed by atoms with E-state index in [1.807, 2.05) is 0 Å². The number of amides is 1. The number of imidazole rings is 1. The Balaban J connectivity index is 1.84. The van der Waals surface area contributed by atoms with Crippen molar-refractivity contribution in [2.24, 2.45) is 0 Å². The fraction of sp³-hybridized carbons (Fsp3) is 0.211. The van der Waals surface area contributed by atoms with Crippen molar-refractivity contribution >= 4 is 22.6 Å². The average molecular weight is 442 g/mol. The fourth-order valence-electron chi connectivity index (χ4n) is 2.94. The number of aliphatic hydroxyl groups excluding tert-OH is 1. The van der Waals surface area contributed by atoms with Crippen molar-refractivity contribution in [1.29, 1.82) is 5.26 Å². The molecule has 2 N–H and O–H groups in total. The van der Waals surface area contributed by atoms with E-state index in [1.165, 1.54) is 12.1 Å². The molecular weight excluding hydrogens is 430 g/mol. The molecule has 12 heteroatoms. The lowest BCUT2D eigenvalue weighted by Gasteiger charge is -2.16. The Kier molecular flexibility index (Phi) is 5.64. The van der Waals surface area contributed by atoms with Crippen molar-refractivity contribution in [3.63, 3.8) is 0 Å². The number of benzene rings is 2. The molecule has 0 saturated carbocycles. The van der Waals surface area contributed by atoms with Crippen LogP contribution in [0, 0.1) is 11.3 Å². The third kappa shape index (κ3) is 4.61. The van der Waals surface area contributed by atoms with Gasteiger partial charge < -0.3 is 15.0 Å². The van der Waals surface area contributed by atoms with Gasteiger partial charge in [0.1, 0.15) is 0 Å². The normalized spacial score (nSPS) is 13.1. The molecule has 0 unspecified atom stereocenters. The number of aromatic nitrogens is 2. The van der Waals surface area contributed by atoms with Gasteiger partial charge in [0.2, 0.25) is 0 Å². The van der Waals surface area contributed by atoms with Crippen molar-refractivity contribution < 1.29 is 36.2 Å². The third-order valence-electron chi connectivity index (χ3n) is 4.33. The second-order valence-corrected chi connectivity index (χ2v) is 6.44. The summed E-state index contributed by atoms with van der Waals surface area (Å²) < 4.78 is 79.8. The molecule has 0 bridgehead atoms. The van der Waals surface area contributed by atoms with E-state index in [1.54, 1.807) is 0 Å². The van der Waals surface area contributed by atoms with Crippen LogP contribution in [0.4, 0.5) is 32.0 Å². The molecule has 3 aromatic rings. The van der Waals surface area contributed by atoms with Crippen LogP contribution in [0.1, 0.15) is 16.7 Å². The van der Waals surface area contributed by atoms with Gasteiger partial charge in [-0.3, -0.25) is 4.79 Å². The van der Waals surface area contributed by atoms with Crippen molar-refractivity contribution in [2.45, 2.75) is 25.0 Å². The standard InChI is InChI=1S/C19H12F6N4O2/c20-18(21,22)12-2-1-3-14-16(12)29(9-27-14)8-15(30)17(31)28-11-5-4-10(7-26)13(6-11)19(23,24)25/h1-6,9,15,30H,8H2,(H,28,31)/t15-/m0/s1. The van der Waals surface area contributed by atoms with E-state index in [0.29, 0.717) is 6.07 Å². The van der Waals surface area contributed by atoms with Crippen molar-refractivity contribution in [1.82, 2.24) is 9.55 Å². The summed E-state index contributed by atoms with van der Waals surface area (Å²) >= 11 is 0. The van der Waals surface area contributed by atoms with E-state index in [4.69, 9.17) is 5.26 Å². The van der Waals surface area contributed by atoms with Crippen molar-refractivity contribution in [3.8, 4) is 6.07 Å². The molecule has 0 aliphatic rings. The molecule has 2 aromatic carbocycles. The Morgan fingerprint density at radius 3 is 2.42 bits per heavy atom. The lowest BCUT2D eigenvalue weighted by molar-refractivity contribution is -0.138. The van der Waals surface area contributed by atoms with Gasteiger partial charge in [-0.2, -0.15) is 31.6 Å². The highest BCUT2D eigenvalue weighted by atomic mass is 19.4. The maximum atomic E-state index is 13.3. The Bertz CT molecular complexity index is 1180. The highest BCUT2D eigenvalue weighted by molar-refractivity contribution is 5.94. The Morgan fingerprint density at radius 1 is 1.13 bits per heavy atom. The molecule has 162 valence electrons. The number of carbonyl (C=O) groups excluding carboxylic acids is 1. The number of anilines is 1. The number of hydrogen-bond acceptors (Lipinski definition) is 4. The molecule has 0 spiro atoms. The van der Waals surface area contributed by atoms with Crippen LogP contribution in [0.25, 0.3) is 11.0 Å². The number of rotatable bonds is 4. The number of carbonyl (C=O) groups is 1. The van der Waals surface area contributed by atoms with Crippen LogP contribution in [0.5, 0.6) is 0 Å². The summed E-state index contributed by atoms with van der Waals surface area (Å²) in [5, 5.41) is 21.0. The number of nitrogens with zero attached hydrogens (tertiary/aromatic N) is 3. The number of nitrogens with one attached hydrogen (secondary N) is 1. The van der Waals surface area contributed by atoms with Crippen LogP contribution < -0.4 is 5.32 Å².